The van der Waals surface area contributed by atoms with Gasteiger partial charge in [-0.2, -0.15) is 0 Å². The Kier molecular flexibility index (Phi) is 8.26. The van der Waals surface area contributed by atoms with Crippen LogP contribution >= 0.6 is 0 Å². The average molecular weight is 286 g/mol. The van der Waals surface area contributed by atoms with Crippen molar-refractivity contribution in [1.29, 1.82) is 0 Å². The van der Waals surface area contributed by atoms with Crippen LogP contribution in [0.3, 0.4) is 0 Å². The van der Waals surface area contributed by atoms with Crippen molar-refractivity contribution < 1.29 is 14.0 Å². The maximum Gasteiger partial charge on any atom is 0.305 e. The lowest BCUT2D eigenvalue weighted by Gasteiger charge is -2.35. The van der Waals surface area contributed by atoms with Gasteiger partial charge in [-0.1, -0.05) is 32.9 Å². The minimum Gasteiger partial charge on any atom is -0.469 e. The summed E-state index contributed by atoms with van der Waals surface area (Å²) in [5.41, 5.74) is 0. The molecule has 3 nitrogen and oxygen atoms in total. The molecular weight excluding hydrogens is 256 g/mol. The Morgan fingerprint density at radius 3 is 2.32 bits per heavy atom. The number of hydrogen-bond donors (Lipinski definition) is 0. The summed E-state index contributed by atoms with van der Waals surface area (Å²) in [5.74, 6) is -0.120. The highest BCUT2D eigenvalue weighted by Gasteiger charge is 2.36. The average Bonchev–Trinajstić information content (AvgIpc) is 2.30. The van der Waals surface area contributed by atoms with Gasteiger partial charge in [0.15, 0.2) is 8.32 Å². The number of hydrogen-bond acceptors (Lipinski definition) is 3. The molecule has 0 spiro atoms. The van der Waals surface area contributed by atoms with E-state index in [1.165, 1.54) is 7.11 Å². The quantitative estimate of drug-likeness (QED) is 0.289. The molecule has 0 N–H and O–H groups in total. The molecule has 0 saturated carbocycles. The Balaban J connectivity index is 3.68. The largest absolute Gasteiger partial charge is 0.469 e. The van der Waals surface area contributed by atoms with Crippen LogP contribution in [0.15, 0.2) is 12.2 Å². The summed E-state index contributed by atoms with van der Waals surface area (Å²) in [7, 11) is -0.182. The summed E-state index contributed by atoms with van der Waals surface area (Å²) in [6.07, 6.45) is 7.66. The Morgan fingerprint density at radius 1 is 1.16 bits per heavy atom. The number of esters is 1. The molecule has 112 valence electrons. The molecule has 19 heavy (non-hydrogen) atoms. The Bertz CT molecular complexity index is 290. The van der Waals surface area contributed by atoms with Crippen LogP contribution in [0.4, 0.5) is 0 Å². The van der Waals surface area contributed by atoms with Gasteiger partial charge < -0.3 is 9.16 Å². The van der Waals surface area contributed by atoms with E-state index in [0.29, 0.717) is 13.0 Å². The van der Waals surface area contributed by atoms with Crippen LogP contribution in [-0.4, -0.2) is 28.0 Å². The zero-order chi connectivity index (χ0) is 14.9. The van der Waals surface area contributed by atoms with Crippen LogP contribution in [0.5, 0.6) is 0 Å². The molecule has 0 amide bonds. The van der Waals surface area contributed by atoms with Crippen molar-refractivity contribution in [3.8, 4) is 0 Å². The van der Waals surface area contributed by atoms with E-state index < -0.39 is 8.32 Å². The van der Waals surface area contributed by atoms with E-state index in [1.54, 1.807) is 0 Å². The molecule has 0 bridgehead atoms. The van der Waals surface area contributed by atoms with E-state index in [1.807, 2.05) is 0 Å². The molecule has 0 rings (SSSR count). The van der Waals surface area contributed by atoms with E-state index in [4.69, 9.17) is 4.43 Å². The number of ether oxygens (including phenoxy) is 1. The number of carbonyl (C=O) groups is 1. The summed E-state index contributed by atoms with van der Waals surface area (Å²) >= 11 is 0. The molecule has 0 atom stereocenters. The molecule has 0 unspecified atom stereocenters. The summed E-state index contributed by atoms with van der Waals surface area (Å²) in [4.78, 5) is 10.9. The summed E-state index contributed by atoms with van der Waals surface area (Å²) < 4.78 is 10.6. The molecule has 0 aromatic heterocycles. The Labute approximate surface area is 119 Å². The molecule has 0 aromatic carbocycles. The predicted molar refractivity (Wildman–Crippen MR) is 82.8 cm³/mol. The second-order valence-electron chi connectivity index (χ2n) is 6.36. The lowest BCUT2D eigenvalue weighted by molar-refractivity contribution is -0.140. The summed E-state index contributed by atoms with van der Waals surface area (Å²) in [6.45, 7) is 12.0. The molecule has 0 aliphatic carbocycles. The van der Waals surface area contributed by atoms with Crippen molar-refractivity contribution in [2.75, 3.05) is 13.7 Å². The maximum absolute atomic E-state index is 10.9. The van der Waals surface area contributed by atoms with Gasteiger partial charge in [-0.3, -0.25) is 4.79 Å². The van der Waals surface area contributed by atoms with Gasteiger partial charge in [0.05, 0.1) is 13.7 Å². The molecule has 0 aromatic rings. The third-order valence-corrected chi connectivity index (χ3v) is 8.24. The SMILES string of the molecule is COC(=O)CCCC/C=C\CO[Si](C)(C)C(C)(C)C. The first kappa shape index (κ1) is 18.4. The first-order valence-electron chi connectivity index (χ1n) is 7.06. The van der Waals surface area contributed by atoms with Crippen molar-refractivity contribution >= 4 is 14.3 Å². The van der Waals surface area contributed by atoms with Crippen molar-refractivity contribution in [1.82, 2.24) is 0 Å². The van der Waals surface area contributed by atoms with Crippen molar-refractivity contribution in [2.24, 2.45) is 0 Å². The third-order valence-electron chi connectivity index (χ3n) is 3.74. The van der Waals surface area contributed by atoms with Crippen LogP contribution in [0, 0.1) is 0 Å². The molecular formula is C15H30O3Si. The topological polar surface area (TPSA) is 35.5 Å². The zero-order valence-corrected chi connectivity index (χ0v) is 14.4. The van der Waals surface area contributed by atoms with Gasteiger partial charge in [0.2, 0.25) is 0 Å². The fraction of sp³-hybridized carbons (Fsp3) is 0.800. The molecule has 0 heterocycles. The van der Waals surface area contributed by atoms with Crippen molar-refractivity contribution in [3.63, 3.8) is 0 Å². The number of carbonyl (C=O) groups excluding carboxylic acids is 1. The van der Waals surface area contributed by atoms with Gasteiger partial charge in [0.1, 0.15) is 0 Å². The standard InChI is InChI=1S/C15H30O3Si/c1-15(2,3)19(5,6)18-13-11-9-7-8-10-12-14(16)17-4/h9,11H,7-8,10,12-13H2,1-6H3/b11-9-. The van der Waals surface area contributed by atoms with Gasteiger partial charge in [-0.25, -0.2) is 0 Å². The Morgan fingerprint density at radius 2 is 1.79 bits per heavy atom. The second-order valence-corrected chi connectivity index (χ2v) is 11.2. The van der Waals surface area contributed by atoms with Crippen molar-refractivity contribution in [3.05, 3.63) is 12.2 Å². The normalized spacial score (nSPS) is 12.9. The molecule has 0 aliphatic heterocycles. The summed E-state index contributed by atoms with van der Waals surface area (Å²) in [6, 6.07) is 0. The van der Waals surface area contributed by atoms with Crippen LogP contribution in [0.2, 0.25) is 18.1 Å². The fourth-order valence-electron chi connectivity index (χ4n) is 1.29. The zero-order valence-electron chi connectivity index (χ0n) is 13.4. The lowest BCUT2D eigenvalue weighted by atomic mass is 10.2. The highest BCUT2D eigenvalue weighted by molar-refractivity contribution is 6.74. The van der Waals surface area contributed by atoms with E-state index in [2.05, 4.69) is 50.8 Å². The minimum absolute atomic E-state index is 0.120. The highest BCUT2D eigenvalue weighted by atomic mass is 28.4. The van der Waals surface area contributed by atoms with E-state index in [0.717, 1.165) is 19.3 Å². The van der Waals surface area contributed by atoms with Crippen molar-refractivity contribution in [2.45, 2.75) is 64.6 Å². The van der Waals surface area contributed by atoms with Gasteiger partial charge in [0, 0.05) is 6.42 Å². The van der Waals surface area contributed by atoms with Gasteiger partial charge in [-0.15, -0.1) is 0 Å². The third kappa shape index (κ3) is 8.21. The molecule has 0 aliphatic rings. The highest BCUT2D eigenvalue weighted by Crippen LogP contribution is 2.36. The van der Waals surface area contributed by atoms with Crippen LogP contribution in [0.1, 0.15) is 46.5 Å². The van der Waals surface area contributed by atoms with E-state index >= 15 is 0 Å². The van der Waals surface area contributed by atoms with E-state index in [9.17, 15) is 4.79 Å². The molecule has 0 radical (unpaired) electrons. The monoisotopic (exact) mass is 286 g/mol. The number of rotatable bonds is 8. The first-order valence-corrected chi connectivity index (χ1v) is 9.97. The minimum atomic E-state index is -1.61. The van der Waals surface area contributed by atoms with E-state index in [-0.39, 0.29) is 11.0 Å². The fourth-order valence-corrected chi connectivity index (χ4v) is 2.24. The molecule has 4 heteroatoms. The second kappa shape index (κ2) is 8.54. The van der Waals surface area contributed by atoms with Gasteiger partial charge >= 0.3 is 5.97 Å². The van der Waals surface area contributed by atoms with Gasteiger partial charge in [-0.05, 0) is 37.4 Å². The Hall–Kier alpha value is -0.613. The summed E-state index contributed by atoms with van der Waals surface area (Å²) in [5, 5.41) is 0.265. The van der Waals surface area contributed by atoms with Gasteiger partial charge in [0.25, 0.3) is 0 Å². The predicted octanol–water partition coefficient (Wildman–Crippen LogP) is 4.30. The maximum atomic E-state index is 10.9. The lowest BCUT2D eigenvalue weighted by Crippen LogP contribution is -2.40. The van der Waals surface area contributed by atoms with Crippen LogP contribution in [-0.2, 0) is 14.0 Å². The molecule has 0 saturated heterocycles. The van der Waals surface area contributed by atoms with Crippen LogP contribution in [0.25, 0.3) is 0 Å². The smallest absolute Gasteiger partial charge is 0.305 e. The number of unbranched alkanes of at least 4 members (excludes halogenated alkanes) is 2. The van der Waals surface area contributed by atoms with Crippen LogP contribution < -0.4 is 0 Å². The number of allylic oxidation sites excluding steroid dienone is 1. The molecule has 0 fully saturated rings. The number of methoxy groups -OCH3 is 1. The first-order chi connectivity index (χ1) is 8.70.